The molecule has 3 nitrogen and oxygen atoms in total. The molecule has 0 aliphatic carbocycles. The first-order valence-corrected chi connectivity index (χ1v) is 7.18. The van der Waals surface area contributed by atoms with E-state index in [2.05, 4.69) is 12.2 Å². The lowest BCUT2D eigenvalue weighted by atomic mass is 10.2. The van der Waals surface area contributed by atoms with Gasteiger partial charge in [0.25, 0.3) is 0 Å². The minimum Gasteiger partial charge on any atom is -0.486 e. The Labute approximate surface area is 125 Å². The monoisotopic (exact) mass is 305 g/mol. The molecular formula is C14H21Cl2NO2. The van der Waals surface area contributed by atoms with Crippen molar-refractivity contribution in [2.24, 2.45) is 0 Å². The fourth-order valence-corrected chi connectivity index (χ4v) is 2.33. The quantitative estimate of drug-likeness (QED) is 0.739. The third kappa shape index (κ3) is 5.57. The van der Waals surface area contributed by atoms with Gasteiger partial charge in [-0.2, -0.15) is 0 Å². The zero-order chi connectivity index (χ0) is 14.3. The number of benzene rings is 1. The summed E-state index contributed by atoms with van der Waals surface area (Å²) >= 11 is 12.3. The summed E-state index contributed by atoms with van der Waals surface area (Å²) in [5.74, 6) is 0.680. The van der Waals surface area contributed by atoms with E-state index in [0.29, 0.717) is 28.9 Å². The van der Waals surface area contributed by atoms with Gasteiger partial charge in [-0.1, -0.05) is 30.1 Å². The Morgan fingerprint density at radius 2 is 2.05 bits per heavy atom. The van der Waals surface area contributed by atoms with Gasteiger partial charge in [-0.15, -0.1) is 0 Å². The van der Waals surface area contributed by atoms with Gasteiger partial charge in [-0.05, 0) is 32.0 Å². The second-order valence-electron chi connectivity index (χ2n) is 4.44. The molecule has 0 fully saturated rings. The molecule has 0 saturated heterocycles. The minimum absolute atomic E-state index is 0.0615. The van der Waals surface area contributed by atoms with E-state index >= 15 is 0 Å². The first-order chi connectivity index (χ1) is 9.08. The zero-order valence-corrected chi connectivity index (χ0v) is 13.1. The molecule has 19 heavy (non-hydrogen) atoms. The lowest BCUT2D eigenvalue weighted by Gasteiger charge is -2.18. The molecule has 0 heterocycles. The van der Waals surface area contributed by atoms with Gasteiger partial charge < -0.3 is 14.8 Å². The van der Waals surface area contributed by atoms with Gasteiger partial charge in [-0.25, -0.2) is 0 Å². The Balaban J connectivity index is 2.86. The highest BCUT2D eigenvalue weighted by Crippen LogP contribution is 2.33. The molecule has 1 rings (SSSR count). The van der Waals surface area contributed by atoms with Crippen LogP contribution in [0.1, 0.15) is 25.8 Å². The predicted molar refractivity (Wildman–Crippen MR) is 80.4 cm³/mol. The van der Waals surface area contributed by atoms with Crippen LogP contribution in [0.3, 0.4) is 0 Å². The molecule has 1 aromatic carbocycles. The highest BCUT2D eigenvalue weighted by Gasteiger charge is 2.13. The van der Waals surface area contributed by atoms with Gasteiger partial charge in [0.2, 0.25) is 0 Å². The van der Waals surface area contributed by atoms with Crippen LogP contribution in [0, 0.1) is 0 Å². The SMILES string of the molecule is CCCNCc1cc(Cl)cc(Cl)c1OC(C)COC. The third-order valence-electron chi connectivity index (χ3n) is 2.55. The molecule has 1 unspecified atom stereocenters. The molecule has 0 aliphatic rings. The number of halogens is 2. The van der Waals surface area contributed by atoms with Gasteiger partial charge in [0.15, 0.2) is 0 Å². The molecule has 0 saturated carbocycles. The van der Waals surface area contributed by atoms with E-state index in [1.165, 1.54) is 0 Å². The fraction of sp³-hybridized carbons (Fsp3) is 0.571. The van der Waals surface area contributed by atoms with Crippen molar-refractivity contribution in [3.63, 3.8) is 0 Å². The molecule has 5 heteroatoms. The van der Waals surface area contributed by atoms with Crippen molar-refractivity contribution in [1.29, 1.82) is 0 Å². The van der Waals surface area contributed by atoms with Crippen LogP contribution in [0.4, 0.5) is 0 Å². The molecular weight excluding hydrogens is 285 g/mol. The third-order valence-corrected chi connectivity index (χ3v) is 3.05. The average Bonchev–Trinajstić information content (AvgIpc) is 2.34. The van der Waals surface area contributed by atoms with E-state index in [4.69, 9.17) is 32.7 Å². The second kappa shape index (κ2) is 8.64. The lowest BCUT2D eigenvalue weighted by Crippen LogP contribution is -2.20. The van der Waals surface area contributed by atoms with Crippen molar-refractivity contribution in [1.82, 2.24) is 5.32 Å². The zero-order valence-electron chi connectivity index (χ0n) is 11.6. The van der Waals surface area contributed by atoms with Crippen molar-refractivity contribution >= 4 is 23.2 Å². The molecule has 0 bridgehead atoms. The maximum Gasteiger partial charge on any atom is 0.143 e. The summed E-state index contributed by atoms with van der Waals surface area (Å²) in [5, 5.41) is 4.47. The largest absolute Gasteiger partial charge is 0.486 e. The summed E-state index contributed by atoms with van der Waals surface area (Å²) in [6.45, 7) is 6.20. The van der Waals surface area contributed by atoms with E-state index < -0.39 is 0 Å². The molecule has 1 atom stereocenters. The summed E-state index contributed by atoms with van der Waals surface area (Å²) in [6.07, 6.45) is 1.01. The van der Waals surface area contributed by atoms with Crippen molar-refractivity contribution in [2.75, 3.05) is 20.3 Å². The number of nitrogens with one attached hydrogen (secondary N) is 1. The minimum atomic E-state index is -0.0615. The van der Waals surface area contributed by atoms with Gasteiger partial charge in [0, 0.05) is 24.2 Å². The highest BCUT2D eigenvalue weighted by atomic mass is 35.5. The van der Waals surface area contributed by atoms with Crippen LogP contribution in [0.25, 0.3) is 0 Å². The number of hydrogen-bond donors (Lipinski definition) is 1. The maximum atomic E-state index is 6.21. The van der Waals surface area contributed by atoms with Crippen molar-refractivity contribution in [2.45, 2.75) is 32.9 Å². The standard InChI is InChI=1S/C14H21Cl2NO2/c1-4-5-17-8-11-6-12(15)7-13(16)14(11)19-10(2)9-18-3/h6-7,10,17H,4-5,8-9H2,1-3H3. The van der Waals surface area contributed by atoms with Crippen LogP contribution in [0.5, 0.6) is 5.75 Å². The van der Waals surface area contributed by atoms with Gasteiger partial charge in [-0.3, -0.25) is 0 Å². The fourth-order valence-electron chi connectivity index (χ4n) is 1.75. The van der Waals surface area contributed by atoms with Crippen LogP contribution in [0.15, 0.2) is 12.1 Å². The molecule has 0 radical (unpaired) electrons. The second-order valence-corrected chi connectivity index (χ2v) is 5.28. The smallest absolute Gasteiger partial charge is 0.143 e. The Morgan fingerprint density at radius 1 is 1.32 bits per heavy atom. The summed E-state index contributed by atoms with van der Waals surface area (Å²) in [5.41, 5.74) is 0.967. The Morgan fingerprint density at radius 3 is 2.68 bits per heavy atom. The van der Waals surface area contributed by atoms with E-state index in [9.17, 15) is 0 Å². The Hall–Kier alpha value is -0.480. The van der Waals surface area contributed by atoms with Gasteiger partial charge in [0.1, 0.15) is 11.9 Å². The topological polar surface area (TPSA) is 30.5 Å². The van der Waals surface area contributed by atoms with Crippen LogP contribution in [-0.2, 0) is 11.3 Å². The van der Waals surface area contributed by atoms with Crippen LogP contribution >= 0.6 is 23.2 Å². The summed E-state index contributed by atoms with van der Waals surface area (Å²) in [6, 6.07) is 3.58. The molecule has 0 aromatic heterocycles. The number of ether oxygens (including phenoxy) is 2. The van der Waals surface area contributed by atoms with Crippen molar-refractivity contribution in [3.05, 3.63) is 27.7 Å². The molecule has 0 spiro atoms. The molecule has 1 N–H and O–H groups in total. The summed E-state index contributed by atoms with van der Waals surface area (Å²) < 4.78 is 10.9. The number of methoxy groups -OCH3 is 1. The number of rotatable bonds is 8. The lowest BCUT2D eigenvalue weighted by molar-refractivity contribution is 0.0914. The Bertz CT molecular complexity index is 399. The van der Waals surface area contributed by atoms with Crippen LogP contribution < -0.4 is 10.1 Å². The molecule has 0 aliphatic heterocycles. The van der Waals surface area contributed by atoms with E-state index in [-0.39, 0.29) is 6.10 Å². The van der Waals surface area contributed by atoms with E-state index in [1.54, 1.807) is 13.2 Å². The van der Waals surface area contributed by atoms with E-state index in [1.807, 2.05) is 13.0 Å². The van der Waals surface area contributed by atoms with Gasteiger partial charge >= 0.3 is 0 Å². The first kappa shape index (κ1) is 16.6. The van der Waals surface area contributed by atoms with Gasteiger partial charge in [0.05, 0.1) is 11.6 Å². The summed E-state index contributed by atoms with van der Waals surface area (Å²) in [4.78, 5) is 0. The molecule has 1 aromatic rings. The van der Waals surface area contributed by atoms with Crippen LogP contribution in [-0.4, -0.2) is 26.4 Å². The van der Waals surface area contributed by atoms with Crippen LogP contribution in [0.2, 0.25) is 10.0 Å². The first-order valence-electron chi connectivity index (χ1n) is 6.42. The number of hydrogen-bond acceptors (Lipinski definition) is 3. The van der Waals surface area contributed by atoms with E-state index in [0.717, 1.165) is 18.5 Å². The Kier molecular flexibility index (Phi) is 7.54. The maximum absolute atomic E-state index is 6.21. The molecule has 0 amide bonds. The van der Waals surface area contributed by atoms with Crippen molar-refractivity contribution in [3.8, 4) is 5.75 Å². The summed E-state index contributed by atoms with van der Waals surface area (Å²) in [7, 11) is 1.65. The molecule has 108 valence electrons. The van der Waals surface area contributed by atoms with Crippen molar-refractivity contribution < 1.29 is 9.47 Å². The highest BCUT2D eigenvalue weighted by molar-refractivity contribution is 6.35. The predicted octanol–water partition coefficient (Wildman–Crippen LogP) is 3.91. The normalized spacial score (nSPS) is 12.5. The average molecular weight is 306 g/mol.